The summed E-state index contributed by atoms with van der Waals surface area (Å²) in [6.07, 6.45) is 1.10. The molecular weight excluding hydrogens is 232 g/mol. The van der Waals surface area contributed by atoms with Crippen LogP contribution in [0, 0.1) is 5.92 Å². The van der Waals surface area contributed by atoms with E-state index in [2.05, 4.69) is 0 Å². The number of likely N-dealkylation sites (tertiary alicyclic amines) is 1. The number of hydrogen-bond donors (Lipinski definition) is 0. The van der Waals surface area contributed by atoms with Gasteiger partial charge in [-0.15, -0.1) is 0 Å². The fourth-order valence-corrected chi connectivity index (χ4v) is 1.92. The molecule has 0 unspecified atom stereocenters. The number of hydrogen-bond acceptors (Lipinski definition) is 3. The molecule has 0 spiro atoms. The maximum absolute atomic E-state index is 11.8. The van der Waals surface area contributed by atoms with Crippen molar-refractivity contribution >= 4 is 12.0 Å². The van der Waals surface area contributed by atoms with Crippen LogP contribution in [-0.2, 0) is 9.53 Å². The van der Waals surface area contributed by atoms with Crippen molar-refractivity contribution in [1.29, 1.82) is 0 Å². The minimum absolute atomic E-state index is 0.117. The van der Waals surface area contributed by atoms with E-state index in [-0.39, 0.29) is 17.9 Å². The maximum Gasteiger partial charge on any atom is 0.410 e. The highest BCUT2D eigenvalue weighted by Gasteiger charge is 2.30. The molecule has 1 aliphatic heterocycles. The zero-order valence-electron chi connectivity index (χ0n) is 12.0. The Kier molecular flexibility index (Phi) is 4.59. The average Bonchev–Trinajstić information content (AvgIpc) is 2.63. The Morgan fingerprint density at radius 2 is 1.94 bits per heavy atom. The molecule has 0 bridgehead atoms. The molecular formula is C13H24N2O3. The number of carbonyl (C=O) groups excluding carboxylic acids is 2. The first kappa shape index (κ1) is 14.8. The quantitative estimate of drug-likeness (QED) is 0.756. The average molecular weight is 256 g/mol. The van der Waals surface area contributed by atoms with Crippen molar-refractivity contribution < 1.29 is 14.3 Å². The number of nitrogens with zero attached hydrogens (tertiary/aromatic N) is 2. The Bertz CT molecular complexity index is 321. The van der Waals surface area contributed by atoms with Crippen molar-refractivity contribution in [3.05, 3.63) is 0 Å². The summed E-state index contributed by atoms with van der Waals surface area (Å²) in [7, 11) is 3.51. The fourth-order valence-electron chi connectivity index (χ4n) is 1.92. The van der Waals surface area contributed by atoms with Crippen LogP contribution in [0.25, 0.3) is 0 Å². The monoisotopic (exact) mass is 256 g/mol. The number of amides is 2. The largest absolute Gasteiger partial charge is 0.444 e. The topological polar surface area (TPSA) is 49.9 Å². The van der Waals surface area contributed by atoms with Gasteiger partial charge in [0, 0.05) is 33.6 Å². The Morgan fingerprint density at radius 3 is 2.44 bits per heavy atom. The van der Waals surface area contributed by atoms with E-state index in [0.29, 0.717) is 19.5 Å². The second-order valence-corrected chi connectivity index (χ2v) is 6.07. The SMILES string of the molecule is CN(C)C(=O)C[C@H]1CCN(C(=O)OC(C)(C)C)C1. The minimum atomic E-state index is -0.464. The summed E-state index contributed by atoms with van der Waals surface area (Å²) in [5, 5.41) is 0. The number of ether oxygens (including phenoxy) is 1. The molecule has 5 heteroatoms. The predicted molar refractivity (Wildman–Crippen MR) is 69.2 cm³/mol. The standard InChI is InChI=1S/C13H24N2O3/c1-13(2,3)18-12(17)15-7-6-10(9-15)8-11(16)14(4)5/h10H,6-9H2,1-5H3/t10-/m1/s1. The summed E-state index contributed by atoms with van der Waals surface area (Å²) in [4.78, 5) is 26.7. The van der Waals surface area contributed by atoms with Gasteiger partial charge in [-0.3, -0.25) is 4.79 Å². The first-order valence-corrected chi connectivity index (χ1v) is 6.37. The van der Waals surface area contributed by atoms with Crippen LogP contribution in [0.4, 0.5) is 4.79 Å². The summed E-state index contributed by atoms with van der Waals surface area (Å²) in [6.45, 7) is 6.87. The first-order chi connectivity index (χ1) is 8.19. The van der Waals surface area contributed by atoms with Gasteiger partial charge in [-0.05, 0) is 33.1 Å². The molecule has 2 amide bonds. The first-order valence-electron chi connectivity index (χ1n) is 6.37. The van der Waals surface area contributed by atoms with Crippen LogP contribution >= 0.6 is 0 Å². The molecule has 5 nitrogen and oxygen atoms in total. The zero-order valence-corrected chi connectivity index (χ0v) is 12.0. The van der Waals surface area contributed by atoms with Crippen LogP contribution < -0.4 is 0 Å². The van der Waals surface area contributed by atoms with Gasteiger partial charge in [0.1, 0.15) is 5.60 Å². The maximum atomic E-state index is 11.8. The predicted octanol–water partition coefficient (Wildman–Crippen LogP) is 1.72. The van der Waals surface area contributed by atoms with Crippen molar-refractivity contribution in [2.45, 2.75) is 39.2 Å². The van der Waals surface area contributed by atoms with E-state index < -0.39 is 5.60 Å². The van der Waals surface area contributed by atoms with Gasteiger partial charge in [0.2, 0.25) is 5.91 Å². The van der Waals surface area contributed by atoms with E-state index >= 15 is 0 Å². The molecule has 1 atom stereocenters. The van der Waals surface area contributed by atoms with E-state index in [1.807, 2.05) is 20.8 Å². The third kappa shape index (κ3) is 4.55. The van der Waals surface area contributed by atoms with Crippen LogP contribution in [0.2, 0.25) is 0 Å². The summed E-state index contributed by atoms with van der Waals surface area (Å²) >= 11 is 0. The normalized spacial score (nSPS) is 19.8. The van der Waals surface area contributed by atoms with Gasteiger partial charge in [0.05, 0.1) is 0 Å². The van der Waals surface area contributed by atoms with Crippen molar-refractivity contribution in [3.8, 4) is 0 Å². The molecule has 1 rings (SSSR count). The van der Waals surface area contributed by atoms with E-state index in [1.165, 1.54) is 0 Å². The smallest absolute Gasteiger partial charge is 0.410 e. The molecule has 1 fully saturated rings. The highest BCUT2D eigenvalue weighted by Crippen LogP contribution is 2.22. The summed E-state index contributed by atoms with van der Waals surface area (Å²) in [5.41, 5.74) is -0.464. The van der Waals surface area contributed by atoms with Crippen LogP contribution in [0.1, 0.15) is 33.6 Å². The van der Waals surface area contributed by atoms with E-state index in [0.717, 1.165) is 6.42 Å². The lowest BCUT2D eigenvalue weighted by Gasteiger charge is -2.24. The molecule has 1 heterocycles. The molecule has 0 aromatic rings. The highest BCUT2D eigenvalue weighted by atomic mass is 16.6. The van der Waals surface area contributed by atoms with E-state index in [4.69, 9.17) is 4.74 Å². The minimum Gasteiger partial charge on any atom is -0.444 e. The lowest BCUT2D eigenvalue weighted by atomic mass is 10.0. The molecule has 0 aliphatic carbocycles. The van der Waals surface area contributed by atoms with E-state index in [1.54, 1.807) is 23.9 Å². The highest BCUT2D eigenvalue weighted by molar-refractivity contribution is 5.76. The van der Waals surface area contributed by atoms with Gasteiger partial charge in [0.15, 0.2) is 0 Å². The van der Waals surface area contributed by atoms with Gasteiger partial charge in [0.25, 0.3) is 0 Å². The molecule has 18 heavy (non-hydrogen) atoms. The molecule has 104 valence electrons. The lowest BCUT2D eigenvalue weighted by Crippen LogP contribution is -2.35. The molecule has 1 aliphatic rings. The van der Waals surface area contributed by atoms with Crippen LogP contribution in [-0.4, -0.2) is 54.6 Å². The summed E-state index contributed by atoms with van der Waals surface area (Å²) in [6, 6.07) is 0. The Labute approximate surface area is 109 Å². The second-order valence-electron chi connectivity index (χ2n) is 6.07. The van der Waals surface area contributed by atoms with Gasteiger partial charge in [-0.25, -0.2) is 4.79 Å². The van der Waals surface area contributed by atoms with Gasteiger partial charge in [-0.2, -0.15) is 0 Å². The van der Waals surface area contributed by atoms with Gasteiger partial charge < -0.3 is 14.5 Å². The third-order valence-corrected chi connectivity index (χ3v) is 2.90. The van der Waals surface area contributed by atoms with Crippen molar-refractivity contribution in [1.82, 2.24) is 9.80 Å². The van der Waals surface area contributed by atoms with Crippen molar-refractivity contribution in [2.24, 2.45) is 5.92 Å². The third-order valence-electron chi connectivity index (χ3n) is 2.90. The van der Waals surface area contributed by atoms with Gasteiger partial charge >= 0.3 is 6.09 Å². The molecule has 1 saturated heterocycles. The van der Waals surface area contributed by atoms with Crippen LogP contribution in [0.5, 0.6) is 0 Å². The Balaban J connectivity index is 2.42. The summed E-state index contributed by atoms with van der Waals surface area (Å²) < 4.78 is 5.31. The van der Waals surface area contributed by atoms with Crippen molar-refractivity contribution in [3.63, 3.8) is 0 Å². The number of carbonyl (C=O) groups is 2. The zero-order chi connectivity index (χ0) is 13.9. The fraction of sp³-hybridized carbons (Fsp3) is 0.846. The lowest BCUT2D eigenvalue weighted by molar-refractivity contribution is -0.129. The van der Waals surface area contributed by atoms with Crippen LogP contribution in [0.15, 0.2) is 0 Å². The van der Waals surface area contributed by atoms with Crippen LogP contribution in [0.3, 0.4) is 0 Å². The molecule has 0 radical (unpaired) electrons. The molecule has 0 aromatic carbocycles. The molecule has 0 N–H and O–H groups in total. The second kappa shape index (κ2) is 5.59. The Hall–Kier alpha value is -1.26. The summed E-state index contributed by atoms with van der Waals surface area (Å²) in [5.74, 6) is 0.374. The van der Waals surface area contributed by atoms with Crippen molar-refractivity contribution in [2.75, 3.05) is 27.2 Å². The molecule has 0 saturated carbocycles. The molecule has 0 aromatic heterocycles. The van der Waals surface area contributed by atoms with E-state index in [9.17, 15) is 9.59 Å². The Morgan fingerprint density at radius 1 is 1.33 bits per heavy atom. The number of rotatable bonds is 2. The van der Waals surface area contributed by atoms with Gasteiger partial charge in [-0.1, -0.05) is 0 Å².